The third-order valence-electron chi connectivity index (χ3n) is 3.41. The Labute approximate surface area is 125 Å². The number of hydrogen-bond donors (Lipinski definition) is 2. The fourth-order valence-corrected chi connectivity index (χ4v) is 2.34. The van der Waals surface area contributed by atoms with Gasteiger partial charge in [-0.3, -0.25) is 4.79 Å². The van der Waals surface area contributed by atoms with Gasteiger partial charge in [-0.15, -0.1) is 12.4 Å². The van der Waals surface area contributed by atoms with Gasteiger partial charge in [0.05, 0.1) is 12.1 Å². The van der Waals surface area contributed by atoms with Crippen LogP contribution in [-0.4, -0.2) is 32.2 Å². The minimum atomic E-state index is -0.122. The van der Waals surface area contributed by atoms with Crippen molar-refractivity contribution in [2.45, 2.75) is 38.3 Å². The number of halogens is 1. The topological polar surface area (TPSA) is 63.5 Å². The second-order valence-electron chi connectivity index (χ2n) is 4.94. The molecule has 1 aromatic heterocycles. The Bertz CT molecular complexity index is 416. The summed E-state index contributed by atoms with van der Waals surface area (Å²) in [5, 5.41) is 6.25. The van der Waals surface area contributed by atoms with Crippen molar-refractivity contribution in [1.82, 2.24) is 10.6 Å². The van der Waals surface area contributed by atoms with Crippen LogP contribution in [-0.2, 0) is 9.53 Å². The third-order valence-corrected chi connectivity index (χ3v) is 3.41. The van der Waals surface area contributed by atoms with Crippen LogP contribution in [0.4, 0.5) is 0 Å². The van der Waals surface area contributed by atoms with Gasteiger partial charge in [0.2, 0.25) is 5.91 Å². The first kappa shape index (κ1) is 17.0. The molecule has 2 heterocycles. The van der Waals surface area contributed by atoms with Crippen molar-refractivity contribution in [3.05, 3.63) is 23.7 Å². The molecule has 0 bridgehead atoms. The lowest BCUT2D eigenvalue weighted by atomic mass is 10.1. The number of hydrogen-bond acceptors (Lipinski definition) is 4. The highest BCUT2D eigenvalue weighted by Gasteiger charge is 2.25. The lowest BCUT2D eigenvalue weighted by molar-refractivity contribution is -0.123. The van der Waals surface area contributed by atoms with E-state index in [-0.39, 0.29) is 30.4 Å². The average Bonchev–Trinajstić information content (AvgIpc) is 3.05. The molecule has 1 aliphatic rings. The lowest BCUT2D eigenvalue weighted by Gasteiger charge is -2.19. The molecule has 2 atom stereocenters. The highest BCUT2D eigenvalue weighted by atomic mass is 35.5. The first-order valence-electron chi connectivity index (χ1n) is 6.79. The van der Waals surface area contributed by atoms with Gasteiger partial charge < -0.3 is 19.8 Å². The Hall–Kier alpha value is -1.04. The number of rotatable bonds is 6. The van der Waals surface area contributed by atoms with Crippen molar-refractivity contribution in [2.75, 3.05) is 20.3 Å². The predicted octanol–water partition coefficient (Wildman–Crippen LogP) is 1.96. The fraction of sp³-hybridized carbons (Fsp3) is 0.643. The summed E-state index contributed by atoms with van der Waals surface area (Å²) in [5.41, 5.74) is 0. The molecule has 0 saturated carbocycles. The average molecular weight is 303 g/mol. The summed E-state index contributed by atoms with van der Waals surface area (Å²) in [6, 6.07) is 3.64. The molecular formula is C14H23ClN2O3. The Morgan fingerprint density at radius 3 is 2.95 bits per heavy atom. The molecule has 1 saturated heterocycles. The maximum Gasteiger partial charge on any atom is 0.237 e. The number of carbonyl (C=O) groups is 1. The van der Waals surface area contributed by atoms with E-state index < -0.39 is 0 Å². The maximum atomic E-state index is 12.1. The van der Waals surface area contributed by atoms with Crippen molar-refractivity contribution in [1.29, 1.82) is 0 Å². The van der Waals surface area contributed by atoms with E-state index in [4.69, 9.17) is 9.15 Å². The summed E-state index contributed by atoms with van der Waals surface area (Å²) in [6.07, 6.45) is 2.67. The van der Waals surface area contributed by atoms with Gasteiger partial charge in [-0.2, -0.15) is 0 Å². The van der Waals surface area contributed by atoms with Crippen LogP contribution in [0.5, 0.6) is 0 Å². The van der Waals surface area contributed by atoms with Crippen LogP contribution in [0, 0.1) is 6.92 Å². The quantitative estimate of drug-likeness (QED) is 0.843. The van der Waals surface area contributed by atoms with E-state index >= 15 is 0 Å². The molecule has 6 heteroatoms. The van der Waals surface area contributed by atoms with Crippen molar-refractivity contribution < 1.29 is 13.9 Å². The van der Waals surface area contributed by atoms with Crippen LogP contribution < -0.4 is 10.6 Å². The molecule has 0 aliphatic carbocycles. The molecule has 0 spiro atoms. The molecular weight excluding hydrogens is 280 g/mol. The summed E-state index contributed by atoms with van der Waals surface area (Å²) < 4.78 is 10.7. The highest BCUT2D eigenvalue weighted by molar-refractivity contribution is 5.85. The largest absolute Gasteiger partial charge is 0.464 e. The molecule has 2 unspecified atom stereocenters. The Morgan fingerprint density at radius 1 is 1.60 bits per heavy atom. The predicted molar refractivity (Wildman–Crippen MR) is 79.1 cm³/mol. The Balaban J connectivity index is 0.00000200. The molecule has 0 aromatic carbocycles. The molecule has 1 fully saturated rings. The molecule has 5 nitrogen and oxygen atoms in total. The number of carbonyl (C=O) groups excluding carboxylic acids is 1. The number of furan rings is 1. The van der Waals surface area contributed by atoms with E-state index in [0.29, 0.717) is 13.0 Å². The summed E-state index contributed by atoms with van der Waals surface area (Å²) in [6.45, 7) is 3.40. The molecule has 1 aromatic rings. The molecule has 0 radical (unpaired) electrons. The minimum Gasteiger partial charge on any atom is -0.464 e. The number of nitrogens with one attached hydrogen (secondary N) is 2. The van der Waals surface area contributed by atoms with Crippen molar-refractivity contribution in [3.63, 3.8) is 0 Å². The lowest BCUT2D eigenvalue weighted by Crippen LogP contribution is -2.42. The molecule has 2 rings (SSSR count). The van der Waals surface area contributed by atoms with E-state index in [0.717, 1.165) is 30.9 Å². The Kier molecular flexibility index (Phi) is 7.05. The zero-order valence-electron chi connectivity index (χ0n) is 12.0. The van der Waals surface area contributed by atoms with Crippen LogP contribution in [0.2, 0.25) is 0 Å². The van der Waals surface area contributed by atoms with Gasteiger partial charge >= 0.3 is 0 Å². The van der Waals surface area contributed by atoms with Gasteiger partial charge in [0.15, 0.2) is 0 Å². The fourth-order valence-electron chi connectivity index (χ4n) is 2.34. The standard InChI is InChI=1S/C14H22N2O3.ClH/c1-10-5-6-13(19-10)11(7-9-18-2)16-14(17)12-4-3-8-15-12;/h5-6,11-12,15H,3-4,7-9H2,1-2H3,(H,16,17);1H. The molecule has 1 aliphatic heterocycles. The van der Waals surface area contributed by atoms with Crippen LogP contribution in [0.1, 0.15) is 36.8 Å². The van der Waals surface area contributed by atoms with Crippen molar-refractivity contribution >= 4 is 18.3 Å². The second kappa shape index (κ2) is 8.29. The van der Waals surface area contributed by atoms with E-state index in [1.54, 1.807) is 7.11 Å². The SMILES string of the molecule is COCCC(NC(=O)C1CCCN1)c1ccc(C)o1.Cl. The third kappa shape index (κ3) is 4.51. The molecule has 2 N–H and O–H groups in total. The maximum absolute atomic E-state index is 12.1. The monoisotopic (exact) mass is 302 g/mol. The van der Waals surface area contributed by atoms with Gasteiger partial charge in [-0.25, -0.2) is 0 Å². The van der Waals surface area contributed by atoms with E-state index in [1.807, 2.05) is 19.1 Å². The summed E-state index contributed by atoms with van der Waals surface area (Å²) in [4.78, 5) is 12.1. The van der Waals surface area contributed by atoms with E-state index in [9.17, 15) is 4.79 Å². The van der Waals surface area contributed by atoms with E-state index in [1.165, 1.54) is 0 Å². The Morgan fingerprint density at radius 2 is 2.40 bits per heavy atom. The van der Waals surface area contributed by atoms with Gasteiger partial charge in [0, 0.05) is 13.7 Å². The molecule has 20 heavy (non-hydrogen) atoms. The van der Waals surface area contributed by atoms with Gasteiger partial charge in [-0.1, -0.05) is 0 Å². The normalized spacial score (nSPS) is 19.4. The van der Waals surface area contributed by atoms with Crippen LogP contribution in [0.25, 0.3) is 0 Å². The first-order valence-corrected chi connectivity index (χ1v) is 6.79. The second-order valence-corrected chi connectivity index (χ2v) is 4.94. The molecule has 1 amide bonds. The van der Waals surface area contributed by atoms with Gasteiger partial charge in [0.25, 0.3) is 0 Å². The number of ether oxygens (including phenoxy) is 1. The van der Waals surface area contributed by atoms with Crippen LogP contribution in [0.3, 0.4) is 0 Å². The number of methoxy groups -OCH3 is 1. The van der Waals surface area contributed by atoms with Crippen LogP contribution in [0.15, 0.2) is 16.5 Å². The summed E-state index contributed by atoms with van der Waals surface area (Å²) in [7, 11) is 1.66. The van der Waals surface area contributed by atoms with Crippen molar-refractivity contribution in [3.8, 4) is 0 Å². The van der Waals surface area contributed by atoms with Gasteiger partial charge in [0.1, 0.15) is 11.5 Å². The highest BCUT2D eigenvalue weighted by Crippen LogP contribution is 2.20. The zero-order valence-corrected chi connectivity index (χ0v) is 12.8. The number of amides is 1. The zero-order chi connectivity index (χ0) is 13.7. The van der Waals surface area contributed by atoms with Gasteiger partial charge in [-0.05, 0) is 44.9 Å². The molecule has 114 valence electrons. The summed E-state index contributed by atoms with van der Waals surface area (Å²) in [5.74, 6) is 1.69. The first-order chi connectivity index (χ1) is 9.20. The smallest absolute Gasteiger partial charge is 0.237 e. The number of aryl methyl sites for hydroxylation is 1. The van der Waals surface area contributed by atoms with Crippen molar-refractivity contribution in [2.24, 2.45) is 0 Å². The van der Waals surface area contributed by atoms with Crippen LogP contribution >= 0.6 is 12.4 Å². The minimum absolute atomic E-state index is 0. The van der Waals surface area contributed by atoms with E-state index in [2.05, 4.69) is 10.6 Å². The summed E-state index contributed by atoms with van der Waals surface area (Å²) >= 11 is 0.